The van der Waals surface area contributed by atoms with Crippen LogP contribution < -0.4 is 5.32 Å². The molecule has 0 saturated carbocycles. The fourth-order valence-corrected chi connectivity index (χ4v) is 2.08. The number of amides is 2. The van der Waals surface area contributed by atoms with Gasteiger partial charge in [0.25, 0.3) is 0 Å². The summed E-state index contributed by atoms with van der Waals surface area (Å²) in [5.41, 5.74) is 0. The minimum absolute atomic E-state index is 0.0766. The second-order valence-corrected chi connectivity index (χ2v) is 4.66. The number of rotatable bonds is 8. The van der Waals surface area contributed by atoms with Gasteiger partial charge in [0.1, 0.15) is 0 Å². The summed E-state index contributed by atoms with van der Waals surface area (Å²) in [5.74, 6) is -0.153. The molecule has 4 nitrogen and oxygen atoms in total. The Bertz CT molecular complexity index is 238. The molecule has 4 heteroatoms. The molecular weight excluding hydrogens is 216 g/mol. The first-order valence-corrected chi connectivity index (χ1v) is 6.79. The zero-order valence-corrected chi connectivity index (χ0v) is 10.8. The van der Waals surface area contributed by atoms with E-state index in [1.807, 2.05) is 0 Å². The lowest BCUT2D eigenvalue weighted by atomic mass is 10.1. The molecule has 0 aromatic heterocycles. The summed E-state index contributed by atoms with van der Waals surface area (Å²) in [5, 5.41) is 2.80. The SMILES string of the molecule is CCCCCCCCCN1C(=O)CNCC1=O. The van der Waals surface area contributed by atoms with Crippen LogP contribution in [0.5, 0.6) is 0 Å². The van der Waals surface area contributed by atoms with Gasteiger partial charge in [0, 0.05) is 6.54 Å². The van der Waals surface area contributed by atoms with Gasteiger partial charge in [-0.25, -0.2) is 0 Å². The van der Waals surface area contributed by atoms with Crippen molar-refractivity contribution in [1.29, 1.82) is 0 Å². The molecule has 0 radical (unpaired) electrons. The maximum absolute atomic E-state index is 11.5. The summed E-state index contributed by atoms with van der Waals surface area (Å²) < 4.78 is 0. The van der Waals surface area contributed by atoms with Crippen LogP contribution in [0.4, 0.5) is 0 Å². The fourth-order valence-electron chi connectivity index (χ4n) is 2.08. The van der Waals surface area contributed by atoms with Gasteiger partial charge in [0.05, 0.1) is 13.1 Å². The standard InChI is InChI=1S/C13H24N2O2/c1-2-3-4-5-6-7-8-9-15-12(16)10-14-11-13(15)17/h14H,2-11H2,1H3. The Morgan fingerprint density at radius 2 is 1.47 bits per heavy atom. The Morgan fingerprint density at radius 3 is 2.06 bits per heavy atom. The van der Waals surface area contributed by atoms with Crippen molar-refractivity contribution < 1.29 is 9.59 Å². The molecule has 0 bridgehead atoms. The average molecular weight is 240 g/mol. The van der Waals surface area contributed by atoms with Crippen molar-refractivity contribution in [2.24, 2.45) is 0 Å². The van der Waals surface area contributed by atoms with Gasteiger partial charge in [-0.2, -0.15) is 0 Å². The van der Waals surface area contributed by atoms with Crippen LogP contribution in [-0.4, -0.2) is 36.3 Å². The molecule has 0 atom stereocenters. The minimum atomic E-state index is -0.0766. The van der Waals surface area contributed by atoms with E-state index in [0.717, 1.165) is 12.8 Å². The lowest BCUT2D eigenvalue weighted by molar-refractivity contribution is -0.146. The summed E-state index contributed by atoms with van der Waals surface area (Å²) in [4.78, 5) is 24.3. The van der Waals surface area contributed by atoms with Crippen molar-refractivity contribution in [3.05, 3.63) is 0 Å². The van der Waals surface area contributed by atoms with Crippen molar-refractivity contribution in [3.63, 3.8) is 0 Å². The van der Waals surface area contributed by atoms with Crippen LogP contribution in [0, 0.1) is 0 Å². The molecule has 1 fully saturated rings. The number of imide groups is 1. The highest BCUT2D eigenvalue weighted by Crippen LogP contribution is 2.08. The molecule has 0 unspecified atom stereocenters. The second kappa shape index (κ2) is 8.23. The first-order valence-electron chi connectivity index (χ1n) is 6.79. The van der Waals surface area contributed by atoms with E-state index in [0.29, 0.717) is 19.6 Å². The summed E-state index contributed by atoms with van der Waals surface area (Å²) in [6.07, 6.45) is 8.45. The number of nitrogens with zero attached hydrogens (tertiary/aromatic N) is 1. The molecule has 17 heavy (non-hydrogen) atoms. The van der Waals surface area contributed by atoms with E-state index in [4.69, 9.17) is 0 Å². The molecule has 0 aliphatic carbocycles. The third kappa shape index (κ3) is 5.31. The predicted molar refractivity (Wildman–Crippen MR) is 67.6 cm³/mol. The zero-order chi connectivity index (χ0) is 12.5. The van der Waals surface area contributed by atoms with Crippen LogP contribution >= 0.6 is 0 Å². The van der Waals surface area contributed by atoms with Gasteiger partial charge in [-0.1, -0.05) is 45.4 Å². The van der Waals surface area contributed by atoms with Gasteiger partial charge in [-0.15, -0.1) is 0 Å². The fraction of sp³-hybridized carbons (Fsp3) is 0.846. The normalized spacial score (nSPS) is 16.6. The monoisotopic (exact) mass is 240 g/mol. The summed E-state index contributed by atoms with van der Waals surface area (Å²) in [6.45, 7) is 3.43. The molecule has 1 aliphatic rings. The smallest absolute Gasteiger partial charge is 0.243 e. The molecular formula is C13H24N2O2. The molecule has 1 rings (SSSR count). The van der Waals surface area contributed by atoms with Crippen molar-refractivity contribution >= 4 is 11.8 Å². The van der Waals surface area contributed by atoms with Gasteiger partial charge >= 0.3 is 0 Å². The number of carbonyl (C=O) groups is 2. The second-order valence-electron chi connectivity index (χ2n) is 4.66. The maximum atomic E-state index is 11.5. The molecule has 2 amide bonds. The first kappa shape index (κ1) is 14.2. The van der Waals surface area contributed by atoms with Gasteiger partial charge in [0.2, 0.25) is 11.8 Å². The molecule has 0 aromatic rings. The van der Waals surface area contributed by atoms with Crippen molar-refractivity contribution in [1.82, 2.24) is 10.2 Å². The van der Waals surface area contributed by atoms with Crippen LogP contribution in [0.25, 0.3) is 0 Å². The van der Waals surface area contributed by atoms with E-state index < -0.39 is 0 Å². The molecule has 98 valence electrons. The molecule has 1 N–H and O–H groups in total. The molecule has 0 aromatic carbocycles. The Kier molecular flexibility index (Phi) is 6.86. The quantitative estimate of drug-likeness (QED) is 0.519. The van der Waals surface area contributed by atoms with Crippen LogP contribution in [0.2, 0.25) is 0 Å². The van der Waals surface area contributed by atoms with Gasteiger partial charge in [-0.05, 0) is 6.42 Å². The van der Waals surface area contributed by atoms with E-state index in [9.17, 15) is 9.59 Å². The van der Waals surface area contributed by atoms with Crippen LogP contribution in [0.3, 0.4) is 0 Å². The number of nitrogens with one attached hydrogen (secondary N) is 1. The minimum Gasteiger partial charge on any atom is -0.300 e. The predicted octanol–water partition coefficient (Wildman–Crippen LogP) is 1.70. The van der Waals surface area contributed by atoms with Crippen molar-refractivity contribution in [2.45, 2.75) is 51.9 Å². The van der Waals surface area contributed by atoms with E-state index >= 15 is 0 Å². The van der Waals surface area contributed by atoms with Gasteiger partial charge < -0.3 is 0 Å². The Labute approximate surface area is 104 Å². The summed E-state index contributed by atoms with van der Waals surface area (Å²) in [7, 11) is 0. The molecule has 1 heterocycles. The number of unbranched alkanes of at least 4 members (excludes halogenated alkanes) is 6. The highest BCUT2D eigenvalue weighted by Gasteiger charge is 2.24. The number of hydrogen-bond donors (Lipinski definition) is 1. The van der Waals surface area contributed by atoms with Crippen molar-refractivity contribution in [3.8, 4) is 0 Å². The van der Waals surface area contributed by atoms with Gasteiger partial charge in [0.15, 0.2) is 0 Å². The topological polar surface area (TPSA) is 49.4 Å². The van der Waals surface area contributed by atoms with E-state index in [1.165, 1.54) is 37.0 Å². The number of piperazine rings is 1. The highest BCUT2D eigenvalue weighted by atomic mass is 16.2. The highest BCUT2D eigenvalue weighted by molar-refractivity contribution is 5.99. The largest absolute Gasteiger partial charge is 0.300 e. The average Bonchev–Trinajstić information content (AvgIpc) is 2.31. The van der Waals surface area contributed by atoms with Crippen LogP contribution in [0.1, 0.15) is 51.9 Å². The lowest BCUT2D eigenvalue weighted by Gasteiger charge is -2.25. The lowest BCUT2D eigenvalue weighted by Crippen LogP contribution is -2.52. The number of carbonyl (C=O) groups excluding carboxylic acids is 2. The zero-order valence-electron chi connectivity index (χ0n) is 10.8. The Hall–Kier alpha value is -0.900. The third-order valence-corrected chi connectivity index (χ3v) is 3.14. The van der Waals surface area contributed by atoms with Crippen LogP contribution in [0.15, 0.2) is 0 Å². The molecule has 1 aliphatic heterocycles. The third-order valence-electron chi connectivity index (χ3n) is 3.14. The first-order chi connectivity index (χ1) is 8.25. The maximum Gasteiger partial charge on any atom is 0.243 e. The van der Waals surface area contributed by atoms with E-state index in [1.54, 1.807) is 0 Å². The molecule has 0 spiro atoms. The summed E-state index contributed by atoms with van der Waals surface area (Å²) >= 11 is 0. The molecule has 1 saturated heterocycles. The number of hydrogen-bond acceptors (Lipinski definition) is 3. The van der Waals surface area contributed by atoms with Crippen LogP contribution in [-0.2, 0) is 9.59 Å². The van der Waals surface area contributed by atoms with Crippen molar-refractivity contribution in [2.75, 3.05) is 19.6 Å². The Balaban J connectivity index is 2.05. The van der Waals surface area contributed by atoms with E-state index in [-0.39, 0.29) is 11.8 Å². The Morgan fingerprint density at radius 1 is 0.941 bits per heavy atom. The van der Waals surface area contributed by atoms with Gasteiger partial charge in [-0.3, -0.25) is 19.8 Å². The van der Waals surface area contributed by atoms with E-state index in [2.05, 4.69) is 12.2 Å². The summed E-state index contributed by atoms with van der Waals surface area (Å²) in [6, 6.07) is 0.